The van der Waals surface area contributed by atoms with Crippen LogP contribution in [0.15, 0.2) is 39.8 Å². The highest BCUT2D eigenvalue weighted by atomic mass is 32.2. The third kappa shape index (κ3) is 3.15. The molecule has 8 heteroatoms. The molecule has 2 aromatic rings. The van der Waals surface area contributed by atoms with Crippen molar-refractivity contribution in [3.8, 4) is 0 Å². The number of benzene rings is 1. The van der Waals surface area contributed by atoms with Crippen molar-refractivity contribution >= 4 is 21.6 Å². The van der Waals surface area contributed by atoms with Gasteiger partial charge in [-0.25, -0.2) is 8.42 Å². The standard InChI is InChI=1S/C18H23N3O4S/c1-3-20(4-2)26(23,24)16-5-6-17-13(10-16)7-8-21(17)18(22)14-9-15(11-19)25-12-14/h5-6,9-10,12H,3-4,7-8,11,19H2,1-2H3. The van der Waals surface area contributed by atoms with E-state index in [9.17, 15) is 13.2 Å². The number of fused-ring (bicyclic) bond motifs is 1. The number of furan rings is 1. The van der Waals surface area contributed by atoms with E-state index in [-0.39, 0.29) is 17.3 Å². The molecule has 0 spiro atoms. The molecule has 2 N–H and O–H groups in total. The fraction of sp³-hybridized carbons (Fsp3) is 0.389. The molecule has 1 aromatic carbocycles. The van der Waals surface area contributed by atoms with Crippen molar-refractivity contribution in [3.63, 3.8) is 0 Å². The number of rotatable bonds is 6. The molecule has 0 fully saturated rings. The van der Waals surface area contributed by atoms with E-state index in [1.165, 1.54) is 10.6 Å². The Morgan fingerprint density at radius 3 is 2.62 bits per heavy atom. The summed E-state index contributed by atoms with van der Waals surface area (Å²) in [5.74, 6) is 0.375. The number of carbonyl (C=O) groups excluding carboxylic acids is 1. The Kier molecular flexibility index (Phi) is 5.17. The van der Waals surface area contributed by atoms with E-state index < -0.39 is 10.0 Å². The van der Waals surface area contributed by atoms with Crippen molar-refractivity contribution in [2.75, 3.05) is 24.5 Å². The smallest absolute Gasteiger partial charge is 0.261 e. The maximum Gasteiger partial charge on any atom is 0.261 e. The van der Waals surface area contributed by atoms with Crippen LogP contribution in [0.25, 0.3) is 0 Å². The van der Waals surface area contributed by atoms with Gasteiger partial charge in [0.25, 0.3) is 5.91 Å². The number of amides is 1. The van der Waals surface area contributed by atoms with Crippen LogP contribution < -0.4 is 10.6 Å². The van der Waals surface area contributed by atoms with Gasteiger partial charge in [0.2, 0.25) is 10.0 Å². The van der Waals surface area contributed by atoms with Crippen molar-refractivity contribution in [2.24, 2.45) is 5.73 Å². The van der Waals surface area contributed by atoms with Crippen LogP contribution in [-0.2, 0) is 23.0 Å². The predicted octanol–water partition coefficient (Wildman–Crippen LogP) is 1.97. The molecule has 1 amide bonds. The Bertz CT molecular complexity index is 916. The molecule has 1 aliphatic rings. The van der Waals surface area contributed by atoms with Crippen molar-refractivity contribution < 1.29 is 17.6 Å². The summed E-state index contributed by atoms with van der Waals surface area (Å²) in [5.41, 5.74) is 7.56. The minimum atomic E-state index is -3.51. The lowest BCUT2D eigenvalue weighted by Gasteiger charge is -2.20. The van der Waals surface area contributed by atoms with Crippen molar-refractivity contribution in [1.29, 1.82) is 0 Å². The van der Waals surface area contributed by atoms with Crippen LogP contribution in [0.1, 0.15) is 35.5 Å². The van der Waals surface area contributed by atoms with Gasteiger partial charge in [-0.1, -0.05) is 13.8 Å². The first-order valence-corrected chi connectivity index (χ1v) is 10.1. The van der Waals surface area contributed by atoms with Gasteiger partial charge in [0.05, 0.1) is 17.0 Å². The number of sulfonamides is 1. The number of nitrogens with zero attached hydrogens (tertiary/aromatic N) is 2. The highest BCUT2D eigenvalue weighted by Gasteiger charge is 2.29. The SMILES string of the molecule is CCN(CC)S(=O)(=O)c1ccc2c(c1)CCN2C(=O)c1coc(CN)c1. The predicted molar refractivity (Wildman–Crippen MR) is 98.5 cm³/mol. The van der Waals surface area contributed by atoms with E-state index in [2.05, 4.69) is 0 Å². The summed E-state index contributed by atoms with van der Waals surface area (Å²) < 4.78 is 32.0. The van der Waals surface area contributed by atoms with Gasteiger partial charge < -0.3 is 15.1 Å². The number of hydrogen-bond donors (Lipinski definition) is 1. The molecule has 7 nitrogen and oxygen atoms in total. The highest BCUT2D eigenvalue weighted by molar-refractivity contribution is 7.89. The summed E-state index contributed by atoms with van der Waals surface area (Å²) in [4.78, 5) is 14.6. The Labute approximate surface area is 153 Å². The van der Waals surface area contributed by atoms with E-state index in [1.807, 2.05) is 13.8 Å². The van der Waals surface area contributed by atoms with Gasteiger partial charge >= 0.3 is 0 Å². The number of anilines is 1. The molecule has 3 rings (SSSR count). The first-order chi connectivity index (χ1) is 12.4. The van der Waals surface area contributed by atoms with Gasteiger partial charge in [-0.3, -0.25) is 4.79 Å². The third-order valence-corrected chi connectivity index (χ3v) is 6.68. The first-order valence-electron chi connectivity index (χ1n) is 8.64. The van der Waals surface area contributed by atoms with Crippen LogP contribution in [0.5, 0.6) is 0 Å². The van der Waals surface area contributed by atoms with Crippen molar-refractivity contribution in [1.82, 2.24) is 4.31 Å². The van der Waals surface area contributed by atoms with Gasteiger partial charge in [-0.05, 0) is 36.2 Å². The summed E-state index contributed by atoms with van der Waals surface area (Å²) in [5, 5.41) is 0. The van der Waals surface area contributed by atoms with Crippen LogP contribution in [-0.4, -0.2) is 38.3 Å². The molecule has 0 bridgehead atoms. The second-order valence-corrected chi connectivity index (χ2v) is 8.03. The molecule has 0 saturated carbocycles. The third-order valence-electron chi connectivity index (χ3n) is 4.64. The molecule has 1 aliphatic heterocycles. The van der Waals surface area contributed by atoms with E-state index in [4.69, 9.17) is 10.2 Å². The normalized spacial score (nSPS) is 14.1. The van der Waals surface area contributed by atoms with Gasteiger partial charge in [0, 0.05) is 25.3 Å². The fourth-order valence-electron chi connectivity index (χ4n) is 3.22. The lowest BCUT2D eigenvalue weighted by atomic mass is 10.2. The van der Waals surface area contributed by atoms with Gasteiger partial charge in [0.1, 0.15) is 12.0 Å². The average molecular weight is 377 g/mol. The van der Waals surface area contributed by atoms with Gasteiger partial charge in [-0.15, -0.1) is 0 Å². The fourth-order valence-corrected chi connectivity index (χ4v) is 4.73. The van der Waals surface area contributed by atoms with Gasteiger partial charge in [-0.2, -0.15) is 4.31 Å². The summed E-state index contributed by atoms with van der Waals surface area (Å²) >= 11 is 0. The highest BCUT2D eigenvalue weighted by Crippen LogP contribution is 2.32. The topological polar surface area (TPSA) is 96.9 Å². The molecule has 2 heterocycles. The van der Waals surface area contributed by atoms with E-state index in [0.717, 1.165) is 11.3 Å². The van der Waals surface area contributed by atoms with Crippen LogP contribution in [0.3, 0.4) is 0 Å². The Morgan fingerprint density at radius 2 is 2.00 bits per heavy atom. The summed E-state index contributed by atoms with van der Waals surface area (Å²) in [6.07, 6.45) is 2.02. The maximum absolute atomic E-state index is 12.7. The average Bonchev–Trinajstić information content (AvgIpc) is 3.28. The summed E-state index contributed by atoms with van der Waals surface area (Å²) in [6.45, 7) is 5.21. The van der Waals surface area contributed by atoms with Crippen LogP contribution in [0.4, 0.5) is 5.69 Å². The molecule has 0 atom stereocenters. The van der Waals surface area contributed by atoms with Crippen molar-refractivity contribution in [2.45, 2.75) is 31.7 Å². The molecule has 140 valence electrons. The molecule has 0 unspecified atom stereocenters. The molecule has 0 aliphatic carbocycles. The van der Waals surface area contributed by atoms with Crippen LogP contribution in [0, 0.1) is 0 Å². The molecule has 0 saturated heterocycles. The minimum Gasteiger partial charge on any atom is -0.467 e. The van der Waals surface area contributed by atoms with E-state index in [1.54, 1.807) is 29.2 Å². The Hall–Kier alpha value is -2.16. The Balaban J connectivity index is 1.90. The first kappa shape index (κ1) is 18.6. The molecular weight excluding hydrogens is 354 g/mol. The van der Waals surface area contributed by atoms with Crippen molar-refractivity contribution in [3.05, 3.63) is 47.4 Å². The largest absolute Gasteiger partial charge is 0.467 e. The second-order valence-electron chi connectivity index (χ2n) is 6.09. The molecule has 1 aromatic heterocycles. The number of hydrogen-bond acceptors (Lipinski definition) is 5. The lowest BCUT2D eigenvalue weighted by molar-refractivity contribution is 0.0989. The van der Waals surface area contributed by atoms with Crippen LogP contribution in [0.2, 0.25) is 0 Å². The molecular formula is C18H23N3O4S. The van der Waals surface area contributed by atoms with E-state index >= 15 is 0 Å². The zero-order valence-electron chi connectivity index (χ0n) is 14.9. The minimum absolute atomic E-state index is 0.174. The zero-order chi connectivity index (χ0) is 18.9. The van der Waals surface area contributed by atoms with Gasteiger partial charge in [0.15, 0.2) is 0 Å². The molecule has 0 radical (unpaired) electrons. The summed E-state index contributed by atoms with van der Waals surface area (Å²) in [7, 11) is -3.51. The Morgan fingerprint density at radius 1 is 1.27 bits per heavy atom. The summed E-state index contributed by atoms with van der Waals surface area (Å²) in [6, 6.07) is 6.59. The van der Waals surface area contributed by atoms with Crippen LogP contribution >= 0.6 is 0 Å². The second kappa shape index (κ2) is 7.22. The van der Waals surface area contributed by atoms with E-state index in [0.29, 0.717) is 37.4 Å². The zero-order valence-corrected chi connectivity index (χ0v) is 15.8. The monoisotopic (exact) mass is 377 g/mol. The molecule has 26 heavy (non-hydrogen) atoms. The number of nitrogens with two attached hydrogens (primary N) is 1. The maximum atomic E-state index is 12.7. The number of carbonyl (C=O) groups is 1. The lowest BCUT2D eigenvalue weighted by Crippen LogP contribution is -2.30. The quantitative estimate of drug-likeness (QED) is 0.830.